The maximum Gasteiger partial charge on any atom is 0.451 e. The fourth-order valence-electron chi connectivity index (χ4n) is 1.08. The van der Waals surface area contributed by atoms with Crippen LogP contribution in [0.5, 0.6) is 0 Å². The minimum atomic E-state index is -4.59. The molecule has 0 aliphatic heterocycles. The Bertz CT molecular complexity index is 746. The lowest BCUT2D eigenvalue weighted by molar-refractivity contribution is -0.137. The first-order valence-corrected chi connectivity index (χ1v) is 9.31. The minimum Gasteiger partial charge on any atom is -0.480 e. The second kappa shape index (κ2) is 19.3. The number of nitrogens with zero attached hydrogens (tertiary/aromatic N) is 3. The van der Waals surface area contributed by atoms with E-state index >= 15 is 0 Å². The molecule has 0 spiro atoms. The van der Waals surface area contributed by atoms with Crippen molar-refractivity contribution in [2.75, 3.05) is 13.6 Å². The molecule has 0 bridgehead atoms. The third-order valence-corrected chi connectivity index (χ3v) is 2.75. The van der Waals surface area contributed by atoms with Gasteiger partial charge in [0.25, 0.3) is 0 Å². The van der Waals surface area contributed by atoms with E-state index in [9.17, 15) is 9.36 Å². The van der Waals surface area contributed by atoms with Crippen LogP contribution in [0.25, 0.3) is 6.08 Å². The zero-order valence-corrected chi connectivity index (χ0v) is 17.2. The molecule has 0 aliphatic rings. The molecular weight excluding hydrogens is 395 g/mol. The Kier molecular flexibility index (Phi) is 20.2. The molecule has 1 rings (SSSR count). The van der Waals surface area contributed by atoms with Crippen LogP contribution in [-0.4, -0.2) is 45.3 Å². The smallest absolute Gasteiger partial charge is 0.451 e. The number of allylic oxidation sites excluding steroid dienone is 3. The Labute approximate surface area is 171 Å². The molecule has 0 atom stereocenters. The van der Waals surface area contributed by atoms with Crippen LogP contribution in [-0.2, 0) is 9.36 Å². The van der Waals surface area contributed by atoms with Crippen LogP contribution in [0.2, 0.25) is 0 Å². The molecule has 0 unspecified atom stereocenters. The molecule has 0 amide bonds. The number of hydrogen-bond donors (Lipinski definition) is 4. The fourth-order valence-corrected chi connectivity index (χ4v) is 1.50. The van der Waals surface area contributed by atoms with Gasteiger partial charge in [0.15, 0.2) is 0 Å². The van der Waals surface area contributed by atoms with E-state index < -0.39 is 26.2 Å². The zero-order valence-electron chi connectivity index (χ0n) is 16.3. The van der Waals surface area contributed by atoms with Crippen molar-refractivity contribution in [1.29, 1.82) is 5.26 Å². The highest BCUT2D eigenvalue weighted by Gasteiger charge is 2.14. The van der Waals surface area contributed by atoms with Gasteiger partial charge in [-0.1, -0.05) is 74.9 Å². The predicted molar refractivity (Wildman–Crippen MR) is 117 cm³/mol. The lowest BCUT2D eigenvalue weighted by Gasteiger charge is -2.14. The summed E-state index contributed by atoms with van der Waals surface area (Å²) in [7, 11) is -3.34. The van der Waals surface area contributed by atoms with Gasteiger partial charge in [0.2, 0.25) is 5.96 Å². The minimum absolute atomic E-state index is 0.477. The SMILES string of the molecule is C=CC#N.C=CC=C.C=Cc1ccccc1.CN(CC(=O)O)C(N)=NP(=O)(O)O. The molecule has 0 radical (unpaired) electrons. The number of carbonyl (C=O) groups is 1. The van der Waals surface area contributed by atoms with Crippen LogP contribution in [0.4, 0.5) is 0 Å². The van der Waals surface area contributed by atoms with E-state index in [1.165, 1.54) is 18.7 Å². The van der Waals surface area contributed by atoms with Crippen molar-refractivity contribution in [2.24, 2.45) is 10.5 Å². The van der Waals surface area contributed by atoms with Gasteiger partial charge in [-0.15, -0.1) is 4.76 Å². The molecule has 1 aromatic rings. The molecule has 0 heterocycles. The highest BCUT2D eigenvalue weighted by Crippen LogP contribution is 2.35. The number of likely N-dealkylation sites (N-methyl/N-ethyl adjacent to an activating group) is 1. The number of carboxylic acids is 1. The first-order valence-electron chi connectivity index (χ1n) is 7.74. The molecule has 158 valence electrons. The third-order valence-electron chi connectivity index (χ3n) is 2.29. The Hall–Kier alpha value is -3.44. The van der Waals surface area contributed by atoms with Gasteiger partial charge in [-0.25, -0.2) is 4.57 Å². The van der Waals surface area contributed by atoms with Crippen molar-refractivity contribution in [3.63, 3.8) is 0 Å². The average Bonchev–Trinajstić information content (AvgIpc) is 2.67. The van der Waals surface area contributed by atoms with Crippen LogP contribution < -0.4 is 5.73 Å². The maximum absolute atomic E-state index is 10.3. The van der Waals surface area contributed by atoms with Crippen molar-refractivity contribution in [2.45, 2.75) is 0 Å². The first-order chi connectivity index (χ1) is 13.5. The van der Waals surface area contributed by atoms with Crippen LogP contribution in [0, 0.1) is 11.3 Å². The van der Waals surface area contributed by atoms with Gasteiger partial charge in [-0.05, 0) is 5.56 Å². The maximum atomic E-state index is 10.3. The highest BCUT2D eigenvalue weighted by molar-refractivity contribution is 7.50. The molecule has 5 N–H and O–H groups in total. The number of nitriles is 1. The van der Waals surface area contributed by atoms with Gasteiger partial charge in [0.1, 0.15) is 6.54 Å². The standard InChI is InChI=1S/C8H8.C4H10N3O5P.C4H6.C3H3N/c1-2-8-6-4-3-5-7-8;1-7(2-3(8)9)4(5)6-13(10,11)12;1-3-4-2;1-2-3-4/h2-7H,1H2;2H2,1H3,(H,8,9)(H4,5,6,10,11,12);3-4H,1-2H2;2H,1H2. The zero-order chi connectivity index (χ0) is 23.3. The van der Waals surface area contributed by atoms with Gasteiger partial charge in [-0.2, -0.15) is 5.26 Å². The molecule has 0 saturated heterocycles. The number of benzene rings is 1. The van der Waals surface area contributed by atoms with E-state index in [4.69, 9.17) is 25.9 Å². The summed E-state index contributed by atoms with van der Waals surface area (Å²) in [5.41, 5.74) is 6.25. The van der Waals surface area contributed by atoms with Crippen molar-refractivity contribution in [3.8, 4) is 6.07 Å². The number of aliphatic carboxylic acids is 1. The van der Waals surface area contributed by atoms with Gasteiger partial charge < -0.3 is 25.5 Å². The second-order valence-corrected chi connectivity index (χ2v) is 5.87. The summed E-state index contributed by atoms with van der Waals surface area (Å²) in [5, 5.41) is 15.8. The molecule has 0 fully saturated rings. The first kappa shape index (κ1) is 30.3. The summed E-state index contributed by atoms with van der Waals surface area (Å²) in [6, 6.07) is 11.7. The van der Waals surface area contributed by atoms with Gasteiger partial charge in [0, 0.05) is 13.1 Å². The average molecular weight is 422 g/mol. The summed E-state index contributed by atoms with van der Waals surface area (Å²) >= 11 is 0. The van der Waals surface area contributed by atoms with E-state index in [2.05, 4.69) is 31.1 Å². The Balaban J connectivity index is -0.000000356. The van der Waals surface area contributed by atoms with Gasteiger partial charge in [0.05, 0.1) is 6.07 Å². The van der Waals surface area contributed by atoms with E-state index in [1.807, 2.05) is 36.4 Å². The Morgan fingerprint density at radius 2 is 1.69 bits per heavy atom. The topological polar surface area (TPSA) is 160 Å². The van der Waals surface area contributed by atoms with Crippen LogP contribution in [0.1, 0.15) is 5.56 Å². The van der Waals surface area contributed by atoms with Gasteiger partial charge in [-0.3, -0.25) is 4.79 Å². The van der Waals surface area contributed by atoms with Crippen molar-refractivity contribution in [3.05, 3.63) is 80.4 Å². The predicted octanol–water partition coefficient (Wildman–Crippen LogP) is 2.79. The normalized spacial score (nSPS) is 9.24. The number of hydrogen-bond acceptors (Lipinski definition) is 3. The molecule has 0 aromatic heterocycles. The summed E-state index contributed by atoms with van der Waals surface area (Å²) < 4.78 is 13.1. The summed E-state index contributed by atoms with van der Waals surface area (Å²) in [5.74, 6) is -1.69. The number of carboxylic acid groups (broad SMARTS) is 1. The van der Waals surface area contributed by atoms with Gasteiger partial charge >= 0.3 is 13.7 Å². The lowest BCUT2D eigenvalue weighted by Crippen LogP contribution is -2.37. The molecule has 1 aromatic carbocycles. The summed E-state index contributed by atoms with van der Waals surface area (Å²) in [6.45, 7) is 13.0. The summed E-state index contributed by atoms with van der Waals surface area (Å²) in [4.78, 5) is 27.7. The second-order valence-electron chi connectivity index (χ2n) is 4.64. The van der Waals surface area contributed by atoms with E-state index in [-0.39, 0.29) is 0 Å². The largest absolute Gasteiger partial charge is 0.480 e. The van der Waals surface area contributed by atoms with E-state index in [1.54, 1.807) is 18.2 Å². The van der Waals surface area contributed by atoms with Crippen LogP contribution >= 0.6 is 7.75 Å². The van der Waals surface area contributed by atoms with Crippen LogP contribution in [0.15, 0.2) is 79.6 Å². The number of rotatable bonds is 5. The van der Waals surface area contributed by atoms with Crippen molar-refractivity contribution < 1.29 is 24.3 Å². The Morgan fingerprint density at radius 3 is 1.93 bits per heavy atom. The molecule has 29 heavy (non-hydrogen) atoms. The molecule has 10 heteroatoms. The van der Waals surface area contributed by atoms with Crippen molar-refractivity contribution >= 4 is 25.8 Å². The van der Waals surface area contributed by atoms with Crippen molar-refractivity contribution in [1.82, 2.24) is 4.90 Å². The lowest BCUT2D eigenvalue weighted by atomic mass is 10.2. The monoisotopic (exact) mass is 422 g/mol. The fraction of sp³-hybridized carbons (Fsp3) is 0.105. The highest BCUT2D eigenvalue weighted by atomic mass is 31.2. The van der Waals surface area contributed by atoms with E-state index in [0.29, 0.717) is 0 Å². The quantitative estimate of drug-likeness (QED) is 0.185. The van der Waals surface area contributed by atoms with E-state index in [0.717, 1.165) is 4.90 Å². The number of guanidine groups is 1. The number of nitrogens with two attached hydrogens (primary N) is 1. The van der Waals surface area contributed by atoms with Crippen LogP contribution in [0.3, 0.4) is 0 Å². The molecular formula is C19H27N4O5P. The summed E-state index contributed by atoms with van der Waals surface area (Å²) in [6.07, 6.45) is 6.29. The third kappa shape index (κ3) is 26.9. The molecule has 0 aliphatic carbocycles. The Morgan fingerprint density at radius 1 is 1.24 bits per heavy atom. The molecule has 9 nitrogen and oxygen atoms in total. The molecule has 0 saturated carbocycles.